The number of aliphatic hydroxyl groups is 1. The van der Waals surface area contributed by atoms with Crippen LogP contribution in [0.1, 0.15) is 200 Å². The van der Waals surface area contributed by atoms with Crippen molar-refractivity contribution in [3.8, 4) is 0 Å². The molecule has 0 aliphatic carbocycles. The second-order valence-electron chi connectivity index (χ2n) is 13.7. The first-order valence-corrected chi connectivity index (χ1v) is 21.7. The van der Waals surface area contributed by atoms with Crippen molar-refractivity contribution in [3.05, 3.63) is 12.2 Å². The summed E-state index contributed by atoms with van der Waals surface area (Å²) in [5.41, 5.74) is 5.20. The maximum Gasteiger partial charge on any atom is 0.472 e. The van der Waals surface area contributed by atoms with Crippen molar-refractivity contribution in [1.82, 2.24) is 0 Å². The maximum absolute atomic E-state index is 11.8. The van der Waals surface area contributed by atoms with Crippen LogP contribution >= 0.6 is 7.82 Å². The van der Waals surface area contributed by atoms with Crippen molar-refractivity contribution in [2.24, 2.45) is 5.73 Å². The lowest BCUT2D eigenvalue weighted by atomic mass is 10.0. The number of carbonyl (C=O) groups excluding carboxylic acids is 1. The molecule has 9 heteroatoms. The summed E-state index contributed by atoms with van der Waals surface area (Å²) in [6.07, 6.45) is 42.6. The van der Waals surface area contributed by atoms with Gasteiger partial charge in [-0.25, -0.2) is 4.57 Å². The van der Waals surface area contributed by atoms with Gasteiger partial charge in [-0.1, -0.05) is 173 Å². The Kier molecular flexibility index (Phi) is 36.9. The molecule has 0 aromatic heterocycles. The molecule has 0 heterocycles. The first-order chi connectivity index (χ1) is 23.4. The van der Waals surface area contributed by atoms with E-state index in [1.165, 1.54) is 167 Å². The minimum Gasteiger partial charge on any atom is -0.463 e. The predicted molar refractivity (Wildman–Crippen MR) is 201 cm³/mol. The van der Waals surface area contributed by atoms with Gasteiger partial charge >= 0.3 is 13.8 Å². The number of carbonyl (C=O) groups is 1. The van der Waals surface area contributed by atoms with Crippen LogP contribution in [0.2, 0.25) is 0 Å². The molecule has 0 aliphatic heterocycles. The zero-order valence-electron chi connectivity index (χ0n) is 31.2. The molecule has 4 N–H and O–H groups in total. The average Bonchev–Trinajstić information content (AvgIpc) is 3.08. The van der Waals surface area contributed by atoms with E-state index in [0.717, 1.165) is 19.3 Å². The smallest absolute Gasteiger partial charge is 0.463 e. The van der Waals surface area contributed by atoms with E-state index in [1.807, 2.05) is 0 Å². The molecular weight excluding hydrogens is 625 g/mol. The first-order valence-electron chi connectivity index (χ1n) is 20.2. The zero-order valence-corrected chi connectivity index (χ0v) is 32.1. The summed E-state index contributed by atoms with van der Waals surface area (Å²) >= 11 is 0. The van der Waals surface area contributed by atoms with Crippen molar-refractivity contribution in [2.45, 2.75) is 206 Å². The summed E-state index contributed by atoms with van der Waals surface area (Å²) in [4.78, 5) is 21.2. The second kappa shape index (κ2) is 37.5. The van der Waals surface area contributed by atoms with Crippen LogP contribution in [0.25, 0.3) is 0 Å². The van der Waals surface area contributed by atoms with Gasteiger partial charge in [-0.3, -0.25) is 13.8 Å². The summed E-state index contributed by atoms with van der Waals surface area (Å²) in [6.45, 7) is 1.48. The lowest BCUT2D eigenvalue weighted by molar-refractivity contribution is -0.147. The Morgan fingerprint density at radius 2 is 0.979 bits per heavy atom. The van der Waals surface area contributed by atoms with E-state index in [-0.39, 0.29) is 25.7 Å². The van der Waals surface area contributed by atoms with Gasteiger partial charge in [0.1, 0.15) is 12.7 Å². The molecule has 0 spiro atoms. The van der Waals surface area contributed by atoms with E-state index in [2.05, 4.69) is 28.1 Å². The van der Waals surface area contributed by atoms with Crippen LogP contribution in [0.5, 0.6) is 0 Å². The molecule has 8 nitrogen and oxygen atoms in total. The Balaban J connectivity index is 3.27. The summed E-state index contributed by atoms with van der Waals surface area (Å²) in [7, 11) is -4.25. The molecule has 0 amide bonds. The summed E-state index contributed by atoms with van der Waals surface area (Å²) < 4.78 is 25.7. The van der Waals surface area contributed by atoms with Crippen LogP contribution in [0.3, 0.4) is 0 Å². The van der Waals surface area contributed by atoms with Gasteiger partial charge in [0.25, 0.3) is 0 Å². The standard InChI is InChI=1S/C39H78NO7P/c1-2-3-4-5-6-7-8-9-10-11-12-13-14-15-16-17-18-19-20-21-22-23-24-25-26-27-28-29-30-31-32-33-39(42)45-36-38(41)37-47-48(43,44)46-35-34-40/h11-12,38,41H,2-10,13-37,40H2,1H3,(H,43,44)/b12-11-. The van der Waals surface area contributed by atoms with E-state index in [4.69, 9.17) is 10.5 Å². The number of phosphoric acid groups is 1. The average molecular weight is 704 g/mol. The molecule has 0 rings (SSSR count). The molecule has 0 bridgehead atoms. The number of unbranched alkanes of at least 4 members (excludes halogenated alkanes) is 27. The lowest BCUT2D eigenvalue weighted by Crippen LogP contribution is -2.23. The van der Waals surface area contributed by atoms with E-state index in [1.54, 1.807) is 0 Å². The van der Waals surface area contributed by atoms with Crippen molar-refractivity contribution in [3.63, 3.8) is 0 Å². The molecule has 0 aliphatic rings. The monoisotopic (exact) mass is 704 g/mol. The normalized spacial score (nSPS) is 13.7. The third-order valence-corrected chi connectivity index (χ3v) is 9.87. The molecule has 0 aromatic rings. The Hall–Kier alpha value is -0.760. The number of ether oxygens (including phenoxy) is 1. The van der Waals surface area contributed by atoms with E-state index < -0.39 is 20.5 Å². The summed E-state index contributed by atoms with van der Waals surface area (Å²) in [5, 5.41) is 9.76. The van der Waals surface area contributed by atoms with Crippen LogP contribution in [0.15, 0.2) is 12.2 Å². The van der Waals surface area contributed by atoms with Gasteiger partial charge in [-0.15, -0.1) is 0 Å². The van der Waals surface area contributed by atoms with Gasteiger partial charge < -0.3 is 20.5 Å². The zero-order chi connectivity index (χ0) is 35.2. The minimum absolute atomic E-state index is 0.0762. The molecule has 0 saturated heterocycles. The highest BCUT2D eigenvalue weighted by atomic mass is 31.2. The van der Waals surface area contributed by atoms with Crippen LogP contribution in [0.4, 0.5) is 0 Å². The lowest BCUT2D eigenvalue weighted by Gasteiger charge is -2.15. The highest BCUT2D eigenvalue weighted by molar-refractivity contribution is 7.47. The molecular formula is C39H78NO7P. The third-order valence-electron chi connectivity index (χ3n) is 8.88. The number of esters is 1. The maximum atomic E-state index is 11.8. The van der Waals surface area contributed by atoms with Crippen molar-refractivity contribution in [1.29, 1.82) is 0 Å². The number of rotatable bonds is 39. The number of phosphoric ester groups is 1. The Labute approximate surface area is 296 Å². The van der Waals surface area contributed by atoms with E-state index in [9.17, 15) is 19.4 Å². The quantitative estimate of drug-likeness (QED) is 0.0250. The number of hydrogen-bond donors (Lipinski definition) is 3. The molecule has 0 saturated carbocycles. The van der Waals surface area contributed by atoms with E-state index >= 15 is 0 Å². The van der Waals surface area contributed by atoms with Gasteiger partial charge in [-0.05, 0) is 32.1 Å². The Bertz CT molecular complexity index is 752. The van der Waals surface area contributed by atoms with Crippen LogP contribution in [0, 0.1) is 0 Å². The van der Waals surface area contributed by atoms with Gasteiger partial charge in [0.05, 0.1) is 13.2 Å². The SMILES string of the molecule is CCCCCCCCCC/C=C\CCCCCCCCCCCCCCCCCCCCCC(=O)OCC(O)COP(=O)(O)OCCN. The van der Waals surface area contributed by atoms with Crippen molar-refractivity contribution in [2.75, 3.05) is 26.4 Å². The largest absolute Gasteiger partial charge is 0.472 e. The minimum atomic E-state index is -4.25. The Morgan fingerprint density at radius 3 is 1.38 bits per heavy atom. The van der Waals surface area contributed by atoms with Gasteiger partial charge in [0.2, 0.25) is 0 Å². The summed E-state index contributed by atoms with van der Waals surface area (Å²) in [6, 6.07) is 0. The Morgan fingerprint density at radius 1 is 0.604 bits per heavy atom. The van der Waals surface area contributed by atoms with Crippen LogP contribution < -0.4 is 5.73 Å². The second-order valence-corrected chi connectivity index (χ2v) is 15.2. The number of aliphatic hydroxyl groups excluding tert-OH is 1. The number of hydrogen-bond acceptors (Lipinski definition) is 7. The molecule has 2 unspecified atom stereocenters. The predicted octanol–water partition coefficient (Wildman–Crippen LogP) is 11.3. The van der Waals surface area contributed by atoms with Crippen molar-refractivity contribution < 1.29 is 33.1 Å². The van der Waals surface area contributed by atoms with Crippen molar-refractivity contribution >= 4 is 13.8 Å². The van der Waals surface area contributed by atoms with E-state index in [0.29, 0.717) is 6.42 Å². The molecule has 48 heavy (non-hydrogen) atoms. The van der Waals surface area contributed by atoms with Gasteiger partial charge in [0.15, 0.2) is 0 Å². The topological polar surface area (TPSA) is 128 Å². The molecule has 0 fully saturated rings. The molecule has 0 aromatic carbocycles. The molecule has 286 valence electrons. The van der Waals surface area contributed by atoms with Crippen LogP contribution in [-0.2, 0) is 23.1 Å². The fourth-order valence-corrected chi connectivity index (χ4v) is 6.63. The van der Waals surface area contributed by atoms with Gasteiger partial charge in [-0.2, -0.15) is 0 Å². The van der Waals surface area contributed by atoms with Crippen LogP contribution in [-0.4, -0.2) is 48.4 Å². The first kappa shape index (κ1) is 47.2. The van der Waals surface area contributed by atoms with Gasteiger partial charge in [0, 0.05) is 13.0 Å². The fraction of sp³-hybridized carbons (Fsp3) is 0.923. The molecule has 0 radical (unpaired) electrons. The highest BCUT2D eigenvalue weighted by Gasteiger charge is 2.22. The fourth-order valence-electron chi connectivity index (χ4n) is 5.86. The summed E-state index contributed by atoms with van der Waals surface area (Å²) in [5.74, 6) is -0.381. The highest BCUT2D eigenvalue weighted by Crippen LogP contribution is 2.42. The molecule has 2 atom stereocenters. The number of nitrogens with two attached hydrogens (primary N) is 1. The third kappa shape index (κ3) is 38.0. The number of allylic oxidation sites excluding steroid dienone is 2.